The van der Waals surface area contributed by atoms with Gasteiger partial charge in [0.2, 0.25) is 0 Å². The lowest BCUT2D eigenvalue weighted by atomic mass is 10.7. The Balaban J connectivity index is 2.37. The maximum Gasteiger partial charge on any atom is 0.280 e. The van der Waals surface area contributed by atoms with Crippen LogP contribution in [0.1, 0.15) is 0 Å². The average Bonchev–Trinajstić information content (AvgIpc) is 2.68. The lowest BCUT2D eigenvalue weighted by Gasteiger charge is -2.07. The third-order valence-corrected chi connectivity index (χ3v) is 3.63. The highest BCUT2D eigenvalue weighted by Crippen LogP contribution is 2.18. The first-order chi connectivity index (χ1) is 8.00. The summed E-state index contributed by atoms with van der Waals surface area (Å²) in [5.74, 6) is -0.0182. The van der Waals surface area contributed by atoms with Crippen LogP contribution in [0.15, 0.2) is 29.7 Å². The third kappa shape index (κ3) is 2.37. The highest BCUT2D eigenvalue weighted by Gasteiger charge is 2.19. The predicted molar refractivity (Wildman–Crippen MR) is 61.1 cm³/mol. The van der Waals surface area contributed by atoms with E-state index in [1.54, 1.807) is 0 Å². The maximum absolute atomic E-state index is 11.9. The number of halogens is 1. The summed E-state index contributed by atoms with van der Waals surface area (Å²) in [5.41, 5.74) is 0. The molecule has 7 nitrogen and oxygen atoms in total. The summed E-state index contributed by atoms with van der Waals surface area (Å²) in [4.78, 5) is 7.51. The molecule has 17 heavy (non-hydrogen) atoms. The van der Waals surface area contributed by atoms with Crippen LogP contribution in [0.4, 0.5) is 5.82 Å². The maximum atomic E-state index is 11.9. The van der Waals surface area contributed by atoms with Crippen molar-refractivity contribution in [1.82, 2.24) is 19.7 Å². The van der Waals surface area contributed by atoms with Crippen LogP contribution in [0.3, 0.4) is 0 Å². The van der Waals surface area contributed by atoms with Gasteiger partial charge in [-0.05, 0) is 6.07 Å². The molecule has 90 valence electrons. The van der Waals surface area contributed by atoms with Crippen molar-refractivity contribution in [2.75, 3.05) is 4.72 Å². The fourth-order valence-corrected chi connectivity index (χ4v) is 2.55. The summed E-state index contributed by atoms with van der Waals surface area (Å²) < 4.78 is 27.3. The standard InChI is InChI=1S/C8H8ClN5O2S/c1-14-6(2-3-12-14)17(15,16)13-8-7(9)10-4-5-11-8/h2-5H,1H3,(H,11,13). The molecule has 2 aromatic rings. The zero-order valence-corrected chi connectivity index (χ0v) is 10.3. The number of hydrogen-bond donors (Lipinski definition) is 1. The SMILES string of the molecule is Cn1nccc1S(=O)(=O)Nc1nccnc1Cl. The smallest absolute Gasteiger partial charge is 0.259 e. The third-order valence-electron chi connectivity index (χ3n) is 1.94. The number of anilines is 1. The van der Waals surface area contributed by atoms with E-state index in [1.165, 1.54) is 36.4 Å². The molecule has 1 N–H and O–H groups in total. The van der Waals surface area contributed by atoms with Gasteiger partial charge in [0.25, 0.3) is 10.0 Å². The highest BCUT2D eigenvalue weighted by atomic mass is 35.5. The lowest BCUT2D eigenvalue weighted by Crippen LogP contribution is -2.17. The molecule has 0 aromatic carbocycles. The number of sulfonamides is 1. The number of nitrogens with zero attached hydrogens (tertiary/aromatic N) is 4. The van der Waals surface area contributed by atoms with Gasteiger partial charge in [-0.3, -0.25) is 9.40 Å². The monoisotopic (exact) mass is 273 g/mol. The number of aromatic nitrogens is 4. The lowest BCUT2D eigenvalue weighted by molar-refractivity contribution is 0.582. The van der Waals surface area contributed by atoms with Gasteiger partial charge >= 0.3 is 0 Å². The van der Waals surface area contributed by atoms with Gasteiger partial charge in [-0.2, -0.15) is 13.5 Å². The van der Waals surface area contributed by atoms with Crippen molar-refractivity contribution >= 4 is 27.4 Å². The number of nitrogens with one attached hydrogen (secondary N) is 1. The first kappa shape index (κ1) is 11.8. The van der Waals surface area contributed by atoms with Gasteiger partial charge in [0.1, 0.15) is 0 Å². The van der Waals surface area contributed by atoms with Crippen LogP contribution in [0.5, 0.6) is 0 Å². The van der Waals surface area contributed by atoms with Crippen LogP contribution < -0.4 is 4.72 Å². The van der Waals surface area contributed by atoms with Crippen molar-refractivity contribution in [3.63, 3.8) is 0 Å². The predicted octanol–water partition coefficient (Wildman–Crippen LogP) is 0.664. The molecule has 2 rings (SSSR count). The zero-order valence-electron chi connectivity index (χ0n) is 8.70. The van der Waals surface area contributed by atoms with E-state index in [0.29, 0.717) is 0 Å². The zero-order chi connectivity index (χ0) is 12.5. The van der Waals surface area contributed by atoms with Crippen LogP contribution >= 0.6 is 11.6 Å². The van der Waals surface area contributed by atoms with E-state index in [4.69, 9.17) is 11.6 Å². The number of hydrogen-bond acceptors (Lipinski definition) is 5. The van der Waals surface area contributed by atoms with Crippen molar-refractivity contribution in [3.05, 3.63) is 29.8 Å². The van der Waals surface area contributed by atoms with E-state index in [0.717, 1.165) is 0 Å². The van der Waals surface area contributed by atoms with Gasteiger partial charge in [0, 0.05) is 19.4 Å². The average molecular weight is 274 g/mol. The van der Waals surface area contributed by atoms with Crippen molar-refractivity contribution in [1.29, 1.82) is 0 Å². The minimum absolute atomic E-state index is 0.0132. The fourth-order valence-electron chi connectivity index (χ4n) is 1.19. The molecule has 0 aliphatic carbocycles. The molecule has 0 saturated heterocycles. The second-order valence-corrected chi connectivity index (χ2v) is 5.08. The molecule has 0 unspecified atom stereocenters. The molecular formula is C8H8ClN5O2S. The summed E-state index contributed by atoms with van der Waals surface area (Å²) in [7, 11) is -2.24. The van der Waals surface area contributed by atoms with E-state index in [9.17, 15) is 8.42 Å². The molecule has 2 heterocycles. The second kappa shape index (κ2) is 4.30. The Morgan fingerprint density at radius 1 is 1.29 bits per heavy atom. The summed E-state index contributed by atoms with van der Waals surface area (Å²) in [6, 6.07) is 1.37. The number of rotatable bonds is 3. The van der Waals surface area contributed by atoms with Gasteiger partial charge in [0.05, 0.1) is 6.20 Å². The summed E-state index contributed by atoms with van der Waals surface area (Å²) in [6.07, 6.45) is 4.09. The van der Waals surface area contributed by atoms with Gasteiger partial charge in [0.15, 0.2) is 16.0 Å². The van der Waals surface area contributed by atoms with Gasteiger partial charge < -0.3 is 0 Å². The highest BCUT2D eigenvalue weighted by molar-refractivity contribution is 7.92. The van der Waals surface area contributed by atoms with E-state index < -0.39 is 10.0 Å². The minimum atomic E-state index is -3.76. The van der Waals surface area contributed by atoms with E-state index in [1.807, 2.05) is 0 Å². The van der Waals surface area contributed by atoms with Crippen LogP contribution in [0.2, 0.25) is 5.15 Å². The van der Waals surface area contributed by atoms with E-state index in [-0.39, 0.29) is 16.0 Å². The van der Waals surface area contributed by atoms with Crippen LogP contribution in [0, 0.1) is 0 Å². The molecule has 0 aliphatic rings. The normalized spacial score (nSPS) is 11.4. The molecule has 0 atom stereocenters. The van der Waals surface area contributed by atoms with E-state index in [2.05, 4.69) is 19.8 Å². The minimum Gasteiger partial charge on any atom is -0.259 e. The molecule has 0 amide bonds. The van der Waals surface area contributed by atoms with Crippen molar-refractivity contribution < 1.29 is 8.42 Å². The molecular weight excluding hydrogens is 266 g/mol. The molecule has 9 heteroatoms. The van der Waals surface area contributed by atoms with Gasteiger partial charge in [-0.25, -0.2) is 9.97 Å². The van der Waals surface area contributed by atoms with Crippen molar-refractivity contribution in [3.8, 4) is 0 Å². The van der Waals surface area contributed by atoms with Crippen molar-refractivity contribution in [2.24, 2.45) is 7.05 Å². The van der Waals surface area contributed by atoms with Crippen molar-refractivity contribution in [2.45, 2.75) is 5.03 Å². The Hall–Kier alpha value is -1.67. The second-order valence-electron chi connectivity index (χ2n) is 3.09. The molecule has 0 radical (unpaired) electrons. The Morgan fingerprint density at radius 3 is 2.59 bits per heavy atom. The first-order valence-corrected chi connectivity index (χ1v) is 6.34. The quantitative estimate of drug-likeness (QED) is 0.887. The largest absolute Gasteiger partial charge is 0.280 e. The van der Waals surface area contributed by atoms with Gasteiger partial charge in [-0.15, -0.1) is 0 Å². The Morgan fingerprint density at radius 2 is 2.00 bits per heavy atom. The molecule has 0 bridgehead atoms. The van der Waals surface area contributed by atoms with Gasteiger partial charge in [-0.1, -0.05) is 11.6 Å². The first-order valence-electron chi connectivity index (χ1n) is 4.48. The van der Waals surface area contributed by atoms with Crippen LogP contribution in [0.25, 0.3) is 0 Å². The molecule has 0 aliphatic heterocycles. The Kier molecular flexibility index (Phi) is 2.99. The van der Waals surface area contributed by atoms with Crippen LogP contribution in [-0.2, 0) is 17.1 Å². The number of aryl methyl sites for hydroxylation is 1. The Bertz CT molecular complexity index is 639. The Labute approximate surface area is 103 Å². The van der Waals surface area contributed by atoms with Crippen LogP contribution in [-0.4, -0.2) is 28.2 Å². The summed E-state index contributed by atoms with van der Waals surface area (Å²) in [5, 5.41) is 3.77. The summed E-state index contributed by atoms with van der Waals surface area (Å²) >= 11 is 5.71. The van der Waals surface area contributed by atoms with E-state index >= 15 is 0 Å². The molecule has 0 saturated carbocycles. The molecule has 0 spiro atoms. The summed E-state index contributed by atoms with van der Waals surface area (Å²) in [6.45, 7) is 0. The molecule has 2 aromatic heterocycles. The fraction of sp³-hybridized carbons (Fsp3) is 0.125. The topological polar surface area (TPSA) is 89.8 Å². The molecule has 0 fully saturated rings.